The number of nitrogens with zero attached hydrogens (tertiary/aromatic N) is 5. The van der Waals surface area contributed by atoms with Gasteiger partial charge in [-0.05, 0) is 123 Å². The third-order valence-electron chi connectivity index (χ3n) is 20.7. The predicted octanol–water partition coefficient (Wildman–Crippen LogP) is 7.19. The molecule has 2 aliphatic heterocycles. The summed E-state index contributed by atoms with van der Waals surface area (Å²) >= 11 is 0. The summed E-state index contributed by atoms with van der Waals surface area (Å²) in [6, 6.07) is 16.4. The van der Waals surface area contributed by atoms with E-state index >= 15 is 0 Å². The summed E-state index contributed by atoms with van der Waals surface area (Å²) in [6.45, 7) is 19.9. The number of rotatable bonds is 44. The zero-order chi connectivity index (χ0) is 79.4. The maximum Gasteiger partial charge on any atom is 0.414 e. The number of benzene rings is 3. The van der Waals surface area contributed by atoms with E-state index in [0.29, 0.717) is 87.9 Å². The molecule has 0 radical (unpaired) electrons. The average Bonchev–Trinajstić information content (AvgIpc) is 1.77. The van der Waals surface area contributed by atoms with Crippen LogP contribution in [0.3, 0.4) is 0 Å². The molecule has 12 amide bonds. The lowest BCUT2D eigenvalue weighted by atomic mass is 9.89. The Kier molecular flexibility index (Phi) is 36.2. The third-order valence-corrected chi connectivity index (χ3v) is 20.7. The lowest BCUT2D eigenvalue weighted by Gasteiger charge is -2.41. The molecule has 592 valence electrons. The Hall–Kier alpha value is -9.02. The SMILES string of the molecule is CCC1CC(=O)N(CCCCCC(=O)N[C@H](C(=O)N[C@@H](CCCNC(N)=O)C(=O)Nc2ccc(COC(=O)N(C)c3ccc(CCN(C)[C@H](C(=O)N[C@H](C(=O)N(C)[C@@H]([C@@H](C)CC)[C@@H](CC(=O)N4CCC[C@H]4[C@H](OC)[C@@H](C)C(=O)N[C@@H](Cc4ccccc4)C(=O)O)OC)C(C)C)C(C)C)cc3)cc2)C(C)C)C1=O. The maximum atomic E-state index is 14.9. The average molecular weight is 1490 g/mol. The lowest BCUT2D eigenvalue weighted by molar-refractivity contribution is -0.148. The van der Waals surface area contributed by atoms with Crippen molar-refractivity contribution in [2.24, 2.45) is 41.2 Å². The van der Waals surface area contributed by atoms with Crippen LogP contribution in [0.1, 0.15) is 163 Å². The van der Waals surface area contributed by atoms with Gasteiger partial charge in [0.2, 0.25) is 53.2 Å². The molecule has 9 N–H and O–H groups in total. The molecule has 0 bridgehead atoms. The third kappa shape index (κ3) is 26.4. The molecule has 2 aliphatic rings. The monoisotopic (exact) mass is 1490 g/mol. The van der Waals surface area contributed by atoms with E-state index in [-0.39, 0.29) is 117 Å². The number of likely N-dealkylation sites (tertiary alicyclic amines) is 2. The molecule has 0 saturated carbocycles. The zero-order valence-electron chi connectivity index (χ0n) is 65.5. The van der Waals surface area contributed by atoms with Crippen LogP contribution in [-0.4, -0.2) is 212 Å². The molecule has 12 atom stereocenters. The van der Waals surface area contributed by atoms with Crippen LogP contribution >= 0.6 is 0 Å². The van der Waals surface area contributed by atoms with E-state index in [1.807, 2.05) is 78.6 Å². The van der Waals surface area contributed by atoms with Crippen molar-refractivity contribution in [2.75, 3.05) is 71.8 Å². The van der Waals surface area contributed by atoms with Crippen molar-refractivity contribution >= 4 is 82.6 Å². The number of likely N-dealkylation sites (N-methyl/N-ethyl adjacent to an activating group) is 2. The van der Waals surface area contributed by atoms with Gasteiger partial charge in [0.1, 0.15) is 30.8 Å². The number of carboxylic acid groups (broad SMARTS) is 1. The molecule has 2 heterocycles. The minimum Gasteiger partial charge on any atom is -0.480 e. The number of hydrogen-bond donors (Lipinski definition) is 8. The fourth-order valence-electron chi connectivity index (χ4n) is 14.1. The molecule has 0 aliphatic carbocycles. The Labute approximate surface area is 631 Å². The molecule has 1 unspecified atom stereocenters. The van der Waals surface area contributed by atoms with Gasteiger partial charge in [0.05, 0.1) is 42.7 Å². The number of carbonyl (C=O) groups excluding carboxylic acids is 11. The standard InChI is InChI=1S/C79H120N12O16/c1-16-51(9)69(62(105-14)46-65(94)90-42-25-29-61(90)70(106-15)52(10)71(95)84-60(77(101)102)44-54-26-20-18-21-27-54)89(13)76(100)67(49(5)6)86-74(98)68(50(7)8)87(11)43-39-53-33-37-58(38-34-53)88(12)79(104)107-47-55-31-35-57(36-32-55)82-72(96)59(28-24-40-81-78(80)103)83-73(97)66(48(3)4)85-63(92)30-22-19-23-41-91-64(93)45-56(17-2)75(91)99/h18,20-21,26-27,31-38,48-52,56,59-62,66-70H,16-17,19,22-25,28-30,39-47H2,1-15H3,(H,82,96)(H,83,97)(H,84,95)(H,85,92)(H,86,98)(H,101,102)(H3,80,81,103)/t51-,52+,56?,59-,60-,61-,62+,66-,67-,68-,69-,70+/m0/s1. The van der Waals surface area contributed by atoms with Crippen LogP contribution in [0.2, 0.25) is 0 Å². The highest BCUT2D eigenvalue weighted by Crippen LogP contribution is 2.31. The molecular formula is C79H120N12O16. The van der Waals surface area contributed by atoms with Gasteiger partial charge in [-0.25, -0.2) is 14.4 Å². The highest BCUT2D eigenvalue weighted by atomic mass is 16.6. The molecule has 3 aromatic carbocycles. The molecule has 107 heavy (non-hydrogen) atoms. The van der Waals surface area contributed by atoms with Crippen molar-refractivity contribution in [1.29, 1.82) is 0 Å². The number of carboxylic acids is 1. The summed E-state index contributed by atoms with van der Waals surface area (Å²) in [5, 5.41) is 26.7. The Morgan fingerprint density at radius 1 is 0.692 bits per heavy atom. The van der Waals surface area contributed by atoms with Gasteiger partial charge in [0, 0.05) is 91.0 Å². The maximum absolute atomic E-state index is 14.9. The van der Waals surface area contributed by atoms with Crippen molar-refractivity contribution in [3.05, 3.63) is 95.6 Å². The number of nitrogens with one attached hydrogen (secondary N) is 6. The van der Waals surface area contributed by atoms with E-state index in [4.69, 9.17) is 19.9 Å². The predicted molar refractivity (Wildman–Crippen MR) is 407 cm³/mol. The van der Waals surface area contributed by atoms with Gasteiger partial charge in [0.25, 0.3) is 0 Å². The Balaban J connectivity index is 1.12. The highest BCUT2D eigenvalue weighted by molar-refractivity contribution is 6.03. The number of unbranched alkanes of at least 4 members (excludes halogenated alkanes) is 2. The Bertz CT molecular complexity index is 3430. The fourth-order valence-corrected chi connectivity index (χ4v) is 14.1. The van der Waals surface area contributed by atoms with Crippen LogP contribution in [0.5, 0.6) is 0 Å². The molecule has 28 heteroatoms. The van der Waals surface area contributed by atoms with Gasteiger partial charge in [-0.15, -0.1) is 0 Å². The first-order valence-electron chi connectivity index (χ1n) is 37.8. The largest absolute Gasteiger partial charge is 0.480 e. The number of hydrogen-bond acceptors (Lipinski definition) is 16. The highest BCUT2D eigenvalue weighted by Gasteiger charge is 2.44. The fraction of sp³-hybridized carbons (Fsp3) is 0.620. The number of aliphatic carboxylic acids is 1. The number of carbonyl (C=O) groups is 12. The van der Waals surface area contributed by atoms with Crippen molar-refractivity contribution in [1.82, 2.24) is 46.2 Å². The Morgan fingerprint density at radius 3 is 1.92 bits per heavy atom. The van der Waals surface area contributed by atoms with E-state index in [1.54, 1.807) is 105 Å². The van der Waals surface area contributed by atoms with E-state index in [0.717, 1.165) is 11.1 Å². The summed E-state index contributed by atoms with van der Waals surface area (Å²) in [6.07, 6.45) is 3.21. The van der Waals surface area contributed by atoms with Crippen molar-refractivity contribution in [3.63, 3.8) is 0 Å². The van der Waals surface area contributed by atoms with E-state index < -0.39 is 96.2 Å². The number of urea groups is 1. The van der Waals surface area contributed by atoms with Crippen molar-refractivity contribution in [2.45, 2.75) is 220 Å². The number of ether oxygens (including phenoxy) is 3. The van der Waals surface area contributed by atoms with E-state index in [1.165, 1.54) is 24.0 Å². The summed E-state index contributed by atoms with van der Waals surface area (Å²) in [5.41, 5.74) is 8.52. The zero-order valence-corrected chi connectivity index (χ0v) is 65.5. The second-order valence-corrected chi connectivity index (χ2v) is 29.6. The molecule has 28 nitrogen and oxygen atoms in total. The molecule has 2 saturated heterocycles. The normalized spacial score (nSPS) is 17.3. The van der Waals surface area contributed by atoms with Gasteiger partial charge in [-0.2, -0.15) is 0 Å². The summed E-state index contributed by atoms with van der Waals surface area (Å²) in [4.78, 5) is 168. The van der Waals surface area contributed by atoms with Crippen LogP contribution in [0.4, 0.5) is 21.0 Å². The number of primary amides is 1. The molecule has 3 aromatic rings. The van der Waals surface area contributed by atoms with Crippen molar-refractivity contribution < 1.29 is 76.9 Å². The van der Waals surface area contributed by atoms with E-state index in [2.05, 4.69) is 31.9 Å². The van der Waals surface area contributed by atoms with Gasteiger partial charge >= 0.3 is 18.1 Å². The van der Waals surface area contributed by atoms with Crippen LogP contribution in [0.15, 0.2) is 78.9 Å². The quantitative estimate of drug-likeness (QED) is 0.0205. The van der Waals surface area contributed by atoms with Crippen molar-refractivity contribution in [3.8, 4) is 0 Å². The van der Waals surface area contributed by atoms with Gasteiger partial charge in [0.15, 0.2) is 0 Å². The van der Waals surface area contributed by atoms with Crippen LogP contribution in [0.25, 0.3) is 0 Å². The first kappa shape index (κ1) is 88.6. The Morgan fingerprint density at radius 2 is 1.34 bits per heavy atom. The topological polar surface area (TPSA) is 367 Å². The molecule has 5 rings (SSSR count). The second kappa shape index (κ2) is 43.7. The number of amides is 12. The van der Waals surface area contributed by atoms with E-state index in [9.17, 15) is 62.6 Å². The number of anilines is 2. The van der Waals surface area contributed by atoms with Gasteiger partial charge in [-0.3, -0.25) is 57.9 Å². The van der Waals surface area contributed by atoms with Crippen LogP contribution < -0.4 is 42.5 Å². The smallest absolute Gasteiger partial charge is 0.414 e. The molecular weight excluding hydrogens is 1370 g/mol. The summed E-state index contributed by atoms with van der Waals surface area (Å²) in [5.74, 6) is -6.46. The summed E-state index contributed by atoms with van der Waals surface area (Å²) in [7, 11) is 8.13. The number of methoxy groups -OCH3 is 2. The first-order valence-corrected chi connectivity index (χ1v) is 37.8. The number of imide groups is 1. The minimum absolute atomic E-state index is 0.0864. The molecule has 0 aromatic heterocycles. The number of nitrogens with two attached hydrogens (primary N) is 1. The van der Waals surface area contributed by atoms with Gasteiger partial charge < -0.3 is 66.8 Å². The lowest BCUT2D eigenvalue weighted by Crippen LogP contribution is -2.60. The summed E-state index contributed by atoms with van der Waals surface area (Å²) < 4.78 is 17.7. The second-order valence-electron chi connectivity index (χ2n) is 29.6. The minimum atomic E-state index is -1.18. The van der Waals surface area contributed by atoms with Crippen LogP contribution in [-0.2, 0) is 81.6 Å². The molecule has 0 spiro atoms. The first-order chi connectivity index (χ1) is 50.8. The molecule has 2 fully saturated rings. The van der Waals surface area contributed by atoms with Crippen LogP contribution in [0, 0.1) is 35.5 Å². The van der Waals surface area contributed by atoms with Gasteiger partial charge in [-0.1, -0.05) is 137 Å².